The maximum Gasteiger partial charge on any atom is 0.251 e. The van der Waals surface area contributed by atoms with Crippen LogP contribution >= 0.6 is 0 Å². The number of hydrogen-bond acceptors (Lipinski definition) is 3. The van der Waals surface area contributed by atoms with Gasteiger partial charge in [-0.2, -0.15) is 0 Å². The SMILES string of the molecule is COC1CCC(NC(=O)c2ccc(O)c(C)c2)C1. The summed E-state index contributed by atoms with van der Waals surface area (Å²) in [4.78, 5) is 12.0. The topological polar surface area (TPSA) is 58.6 Å². The number of carbonyl (C=O) groups excluding carboxylic acids is 1. The number of phenolic OH excluding ortho intramolecular Hbond substituents is 1. The van der Waals surface area contributed by atoms with Crippen molar-refractivity contribution in [2.24, 2.45) is 0 Å². The minimum absolute atomic E-state index is 0.0835. The Morgan fingerprint density at radius 3 is 2.83 bits per heavy atom. The smallest absolute Gasteiger partial charge is 0.251 e. The first-order valence-electron chi connectivity index (χ1n) is 6.23. The van der Waals surface area contributed by atoms with Crippen LogP contribution in [-0.4, -0.2) is 30.3 Å². The molecule has 2 N–H and O–H groups in total. The highest BCUT2D eigenvalue weighted by molar-refractivity contribution is 5.94. The quantitative estimate of drug-likeness (QED) is 0.861. The molecule has 0 radical (unpaired) electrons. The average molecular weight is 249 g/mol. The van der Waals surface area contributed by atoms with Gasteiger partial charge in [-0.3, -0.25) is 4.79 Å². The van der Waals surface area contributed by atoms with Gasteiger partial charge in [0, 0.05) is 18.7 Å². The Morgan fingerprint density at radius 2 is 2.22 bits per heavy atom. The summed E-state index contributed by atoms with van der Waals surface area (Å²) in [6, 6.07) is 5.08. The molecule has 0 aromatic heterocycles. The van der Waals surface area contributed by atoms with Gasteiger partial charge in [0.25, 0.3) is 5.91 Å². The predicted octanol–water partition coefficient (Wildman–Crippen LogP) is 2.00. The molecule has 98 valence electrons. The second-order valence-corrected chi connectivity index (χ2v) is 4.84. The first-order chi connectivity index (χ1) is 8.60. The Bertz CT molecular complexity index is 445. The van der Waals surface area contributed by atoms with Gasteiger partial charge in [-0.15, -0.1) is 0 Å². The first kappa shape index (κ1) is 12.9. The zero-order chi connectivity index (χ0) is 13.1. The van der Waals surface area contributed by atoms with E-state index in [-0.39, 0.29) is 23.8 Å². The number of ether oxygens (including phenoxy) is 1. The van der Waals surface area contributed by atoms with Crippen molar-refractivity contribution in [1.82, 2.24) is 5.32 Å². The maximum absolute atomic E-state index is 12.0. The molecule has 0 saturated heterocycles. The van der Waals surface area contributed by atoms with Crippen molar-refractivity contribution in [1.29, 1.82) is 0 Å². The van der Waals surface area contributed by atoms with Crippen LogP contribution in [0, 0.1) is 6.92 Å². The summed E-state index contributed by atoms with van der Waals surface area (Å²) in [6.07, 6.45) is 3.09. The molecule has 1 aromatic carbocycles. The van der Waals surface area contributed by atoms with Crippen molar-refractivity contribution in [3.8, 4) is 5.75 Å². The zero-order valence-electron chi connectivity index (χ0n) is 10.8. The lowest BCUT2D eigenvalue weighted by atomic mass is 10.1. The summed E-state index contributed by atoms with van der Waals surface area (Å²) >= 11 is 0. The molecule has 4 nitrogen and oxygen atoms in total. The van der Waals surface area contributed by atoms with E-state index < -0.39 is 0 Å². The highest BCUT2D eigenvalue weighted by atomic mass is 16.5. The molecule has 4 heteroatoms. The predicted molar refractivity (Wildman–Crippen MR) is 68.7 cm³/mol. The van der Waals surface area contributed by atoms with Gasteiger partial charge in [-0.1, -0.05) is 0 Å². The average Bonchev–Trinajstić information content (AvgIpc) is 2.80. The molecule has 1 amide bonds. The van der Waals surface area contributed by atoms with Gasteiger partial charge in [0.15, 0.2) is 0 Å². The van der Waals surface area contributed by atoms with Crippen molar-refractivity contribution >= 4 is 5.91 Å². The lowest BCUT2D eigenvalue weighted by Crippen LogP contribution is -2.33. The summed E-state index contributed by atoms with van der Waals surface area (Å²) in [5, 5.41) is 12.4. The lowest BCUT2D eigenvalue weighted by Gasteiger charge is -2.13. The maximum atomic E-state index is 12.0. The minimum Gasteiger partial charge on any atom is -0.508 e. The largest absolute Gasteiger partial charge is 0.508 e. The van der Waals surface area contributed by atoms with E-state index in [9.17, 15) is 9.90 Å². The molecule has 0 spiro atoms. The van der Waals surface area contributed by atoms with Crippen molar-refractivity contribution in [3.05, 3.63) is 29.3 Å². The van der Waals surface area contributed by atoms with E-state index in [1.54, 1.807) is 32.2 Å². The van der Waals surface area contributed by atoms with Gasteiger partial charge in [-0.25, -0.2) is 0 Å². The number of aryl methyl sites for hydroxylation is 1. The van der Waals surface area contributed by atoms with E-state index in [0.29, 0.717) is 11.1 Å². The van der Waals surface area contributed by atoms with Gasteiger partial charge in [0.1, 0.15) is 5.75 Å². The number of nitrogens with one attached hydrogen (secondary N) is 1. The Kier molecular flexibility index (Phi) is 3.87. The Labute approximate surface area is 107 Å². The molecular weight excluding hydrogens is 230 g/mol. The van der Waals surface area contributed by atoms with Crippen LogP contribution < -0.4 is 5.32 Å². The normalized spacial score (nSPS) is 23.0. The second-order valence-electron chi connectivity index (χ2n) is 4.84. The summed E-state index contributed by atoms with van der Waals surface area (Å²) in [6.45, 7) is 1.78. The van der Waals surface area contributed by atoms with Gasteiger partial charge >= 0.3 is 0 Å². The Balaban J connectivity index is 1.97. The molecular formula is C14H19NO3. The molecule has 2 atom stereocenters. The van der Waals surface area contributed by atoms with Crippen LogP contribution in [0.1, 0.15) is 35.2 Å². The second kappa shape index (κ2) is 5.40. The minimum atomic E-state index is -0.0835. The van der Waals surface area contributed by atoms with Crippen LogP contribution in [0.3, 0.4) is 0 Å². The molecule has 0 aliphatic heterocycles. The van der Waals surface area contributed by atoms with Crippen molar-refractivity contribution in [3.63, 3.8) is 0 Å². The number of aromatic hydroxyl groups is 1. The highest BCUT2D eigenvalue weighted by Gasteiger charge is 2.25. The third-order valence-corrected chi connectivity index (χ3v) is 3.51. The van der Waals surface area contributed by atoms with Crippen LogP contribution in [0.15, 0.2) is 18.2 Å². The molecule has 1 fully saturated rings. The van der Waals surface area contributed by atoms with E-state index in [1.165, 1.54) is 0 Å². The Morgan fingerprint density at radius 1 is 1.44 bits per heavy atom. The van der Waals surface area contributed by atoms with Gasteiger partial charge in [0.2, 0.25) is 0 Å². The third kappa shape index (κ3) is 2.82. The molecule has 1 aliphatic carbocycles. The van der Waals surface area contributed by atoms with Crippen molar-refractivity contribution < 1.29 is 14.6 Å². The first-order valence-corrected chi connectivity index (χ1v) is 6.23. The third-order valence-electron chi connectivity index (χ3n) is 3.51. The summed E-state index contributed by atoms with van der Waals surface area (Å²) < 4.78 is 5.28. The van der Waals surface area contributed by atoms with E-state index in [0.717, 1.165) is 19.3 Å². The molecule has 1 aromatic rings. The molecule has 2 unspecified atom stereocenters. The highest BCUT2D eigenvalue weighted by Crippen LogP contribution is 2.22. The van der Waals surface area contributed by atoms with Crippen LogP contribution in [0.2, 0.25) is 0 Å². The monoisotopic (exact) mass is 249 g/mol. The molecule has 0 bridgehead atoms. The fourth-order valence-corrected chi connectivity index (χ4v) is 2.35. The number of methoxy groups -OCH3 is 1. The molecule has 18 heavy (non-hydrogen) atoms. The summed E-state index contributed by atoms with van der Waals surface area (Å²) in [5.74, 6) is 0.131. The number of benzene rings is 1. The number of hydrogen-bond donors (Lipinski definition) is 2. The van der Waals surface area contributed by atoms with Crippen molar-refractivity contribution in [2.75, 3.05) is 7.11 Å². The lowest BCUT2D eigenvalue weighted by molar-refractivity contribution is 0.0915. The molecule has 0 heterocycles. The fourth-order valence-electron chi connectivity index (χ4n) is 2.35. The van der Waals surface area contributed by atoms with Crippen LogP contribution in [0.25, 0.3) is 0 Å². The molecule has 1 saturated carbocycles. The zero-order valence-corrected chi connectivity index (χ0v) is 10.8. The summed E-state index contributed by atoms with van der Waals surface area (Å²) in [5.41, 5.74) is 1.30. The van der Waals surface area contributed by atoms with E-state index in [1.807, 2.05) is 0 Å². The number of carbonyl (C=O) groups is 1. The van der Waals surface area contributed by atoms with Gasteiger partial charge in [0.05, 0.1) is 6.10 Å². The van der Waals surface area contributed by atoms with Gasteiger partial charge < -0.3 is 15.2 Å². The van der Waals surface area contributed by atoms with E-state index in [2.05, 4.69) is 5.32 Å². The van der Waals surface area contributed by atoms with E-state index >= 15 is 0 Å². The number of phenols is 1. The fraction of sp³-hybridized carbons (Fsp3) is 0.500. The molecule has 1 aliphatic rings. The van der Waals surface area contributed by atoms with Gasteiger partial charge in [-0.05, 0) is 49.9 Å². The van der Waals surface area contributed by atoms with Crippen molar-refractivity contribution in [2.45, 2.75) is 38.3 Å². The molecule has 2 rings (SSSR count). The van der Waals surface area contributed by atoms with Crippen LogP contribution in [-0.2, 0) is 4.74 Å². The summed E-state index contributed by atoms with van der Waals surface area (Å²) in [7, 11) is 1.71. The Hall–Kier alpha value is -1.55. The van der Waals surface area contributed by atoms with E-state index in [4.69, 9.17) is 4.74 Å². The number of rotatable bonds is 3. The number of amides is 1. The van der Waals surface area contributed by atoms with Crippen LogP contribution in [0.4, 0.5) is 0 Å². The standard InChI is InChI=1S/C14H19NO3/c1-9-7-10(3-6-13(9)16)14(17)15-11-4-5-12(8-11)18-2/h3,6-7,11-12,16H,4-5,8H2,1-2H3,(H,15,17). The van der Waals surface area contributed by atoms with Crippen LogP contribution in [0.5, 0.6) is 5.75 Å².